The van der Waals surface area contributed by atoms with Crippen LogP contribution in [-0.4, -0.2) is 32.9 Å². The number of fused-ring (bicyclic) bond motifs is 1. The molecule has 1 N–H and O–H groups in total. The van der Waals surface area contributed by atoms with Crippen LogP contribution >= 0.6 is 34.4 Å². The zero-order chi connectivity index (χ0) is 17.8. The average Bonchev–Trinajstić information content (AvgIpc) is 3.16. The Labute approximate surface area is 154 Å². The fraction of sp³-hybridized carbons (Fsp3) is 0.200. The van der Waals surface area contributed by atoms with E-state index in [9.17, 15) is 14.0 Å². The van der Waals surface area contributed by atoms with Gasteiger partial charge in [-0.2, -0.15) is 4.99 Å². The van der Waals surface area contributed by atoms with Crippen molar-refractivity contribution in [3.8, 4) is 0 Å². The number of amides is 2. The van der Waals surface area contributed by atoms with Gasteiger partial charge in [0, 0.05) is 18.6 Å². The maximum atomic E-state index is 13.3. The molecule has 2 heterocycles. The van der Waals surface area contributed by atoms with Gasteiger partial charge in [-0.3, -0.25) is 9.59 Å². The third kappa shape index (κ3) is 4.53. The largest absolute Gasteiger partial charge is 0.319 e. The molecule has 2 amide bonds. The van der Waals surface area contributed by atoms with E-state index in [1.165, 1.54) is 46.6 Å². The molecular weight excluding hydrogens is 383 g/mol. The Morgan fingerprint density at radius 3 is 3.00 bits per heavy atom. The van der Waals surface area contributed by atoms with Crippen molar-refractivity contribution in [1.82, 2.24) is 9.55 Å². The number of rotatable bonds is 5. The fourth-order valence-electron chi connectivity index (χ4n) is 2.02. The van der Waals surface area contributed by atoms with Crippen LogP contribution in [0.5, 0.6) is 0 Å². The molecule has 0 radical (unpaired) electrons. The number of aryl methyl sites for hydroxylation is 1. The molecule has 3 rings (SSSR count). The molecule has 0 saturated heterocycles. The van der Waals surface area contributed by atoms with Crippen molar-refractivity contribution < 1.29 is 14.0 Å². The van der Waals surface area contributed by atoms with Gasteiger partial charge in [-0.15, -0.1) is 23.1 Å². The molecule has 1 aromatic carbocycles. The van der Waals surface area contributed by atoms with Gasteiger partial charge in [0.1, 0.15) is 5.82 Å². The van der Waals surface area contributed by atoms with Gasteiger partial charge >= 0.3 is 0 Å². The van der Waals surface area contributed by atoms with Crippen molar-refractivity contribution in [1.29, 1.82) is 0 Å². The molecule has 0 saturated carbocycles. The second-order valence-corrected chi connectivity index (χ2v) is 7.83. The molecule has 6 nitrogen and oxygen atoms in total. The number of carbonyl (C=O) groups excluding carboxylic acids is 2. The zero-order valence-corrected chi connectivity index (χ0v) is 15.5. The summed E-state index contributed by atoms with van der Waals surface area (Å²) in [7, 11) is 1.78. The van der Waals surface area contributed by atoms with E-state index in [0.717, 1.165) is 10.2 Å². The van der Waals surface area contributed by atoms with Gasteiger partial charge in [0.2, 0.25) is 5.91 Å². The van der Waals surface area contributed by atoms with Gasteiger partial charge in [-0.1, -0.05) is 11.3 Å². The molecule has 25 heavy (non-hydrogen) atoms. The molecule has 130 valence electrons. The van der Waals surface area contributed by atoms with Crippen LogP contribution in [0.2, 0.25) is 0 Å². The highest BCUT2D eigenvalue weighted by molar-refractivity contribution is 8.00. The van der Waals surface area contributed by atoms with E-state index >= 15 is 0 Å². The SMILES string of the molecule is Cn1c(=NC(=O)CSCC(=O)Nc2nccs2)sc2cc(F)ccc21. The second kappa shape index (κ2) is 7.89. The summed E-state index contributed by atoms with van der Waals surface area (Å²) in [6, 6.07) is 4.45. The quantitative estimate of drug-likeness (QED) is 0.719. The van der Waals surface area contributed by atoms with Crippen LogP contribution in [0.15, 0.2) is 34.8 Å². The van der Waals surface area contributed by atoms with Crippen LogP contribution < -0.4 is 10.1 Å². The van der Waals surface area contributed by atoms with Crippen LogP contribution in [-0.2, 0) is 16.6 Å². The first-order chi connectivity index (χ1) is 12.0. The van der Waals surface area contributed by atoms with Crippen molar-refractivity contribution in [3.05, 3.63) is 40.4 Å². The Morgan fingerprint density at radius 1 is 1.40 bits per heavy atom. The summed E-state index contributed by atoms with van der Waals surface area (Å²) in [5.41, 5.74) is 0.813. The van der Waals surface area contributed by atoms with Crippen LogP contribution in [0, 0.1) is 5.82 Å². The highest BCUT2D eigenvalue weighted by Crippen LogP contribution is 2.17. The van der Waals surface area contributed by atoms with Crippen LogP contribution in [0.25, 0.3) is 10.2 Å². The molecule has 0 aliphatic heterocycles. The Morgan fingerprint density at radius 2 is 2.24 bits per heavy atom. The molecule has 0 unspecified atom stereocenters. The fourth-order valence-corrected chi connectivity index (χ4v) is 4.23. The number of halogens is 1. The van der Waals surface area contributed by atoms with Crippen molar-refractivity contribution in [2.24, 2.45) is 12.0 Å². The van der Waals surface area contributed by atoms with Crippen molar-refractivity contribution in [2.45, 2.75) is 0 Å². The molecule has 2 aromatic heterocycles. The van der Waals surface area contributed by atoms with Gasteiger partial charge in [0.25, 0.3) is 5.91 Å². The summed E-state index contributed by atoms with van der Waals surface area (Å²) < 4.78 is 15.7. The molecule has 10 heteroatoms. The minimum absolute atomic E-state index is 0.0912. The first-order valence-electron chi connectivity index (χ1n) is 7.12. The van der Waals surface area contributed by atoms with Crippen LogP contribution in [0.4, 0.5) is 9.52 Å². The molecule has 3 aromatic rings. The van der Waals surface area contributed by atoms with Crippen molar-refractivity contribution in [2.75, 3.05) is 16.8 Å². The smallest absolute Gasteiger partial charge is 0.258 e. The number of hydrogen-bond acceptors (Lipinski definition) is 6. The predicted octanol–water partition coefficient (Wildman–Crippen LogP) is 2.63. The predicted molar refractivity (Wildman–Crippen MR) is 99.4 cm³/mol. The first kappa shape index (κ1) is 17.8. The van der Waals surface area contributed by atoms with E-state index in [2.05, 4.69) is 15.3 Å². The lowest BCUT2D eigenvalue weighted by atomic mass is 10.3. The minimum Gasteiger partial charge on any atom is -0.319 e. The molecule has 0 aliphatic carbocycles. The van der Waals surface area contributed by atoms with Gasteiger partial charge < -0.3 is 9.88 Å². The molecule has 0 bridgehead atoms. The van der Waals surface area contributed by atoms with Gasteiger partial charge in [-0.25, -0.2) is 9.37 Å². The molecule has 0 fully saturated rings. The number of thioether (sulfide) groups is 1. The van der Waals surface area contributed by atoms with E-state index in [4.69, 9.17) is 0 Å². The highest BCUT2D eigenvalue weighted by atomic mass is 32.2. The van der Waals surface area contributed by atoms with Crippen molar-refractivity contribution in [3.63, 3.8) is 0 Å². The number of hydrogen-bond donors (Lipinski definition) is 1. The Balaban J connectivity index is 1.59. The Hall–Kier alpha value is -2.04. The van der Waals surface area contributed by atoms with E-state index in [-0.39, 0.29) is 29.1 Å². The lowest BCUT2D eigenvalue weighted by molar-refractivity contribution is -0.115. The summed E-state index contributed by atoms with van der Waals surface area (Å²) >= 11 is 3.76. The third-order valence-electron chi connectivity index (χ3n) is 3.13. The number of benzene rings is 1. The lowest BCUT2D eigenvalue weighted by Gasteiger charge is -2.00. The zero-order valence-electron chi connectivity index (χ0n) is 13.1. The minimum atomic E-state index is -0.338. The number of nitrogens with one attached hydrogen (secondary N) is 1. The summed E-state index contributed by atoms with van der Waals surface area (Å²) in [5, 5.41) is 4.95. The average molecular weight is 396 g/mol. The molecular formula is C15H13FN4O2S3. The lowest BCUT2D eigenvalue weighted by Crippen LogP contribution is -2.17. The summed E-state index contributed by atoms with van der Waals surface area (Å²) in [6.07, 6.45) is 1.60. The van der Waals surface area contributed by atoms with E-state index in [0.29, 0.717) is 9.93 Å². The van der Waals surface area contributed by atoms with E-state index < -0.39 is 0 Å². The number of aromatic nitrogens is 2. The standard InChI is InChI=1S/C15H13FN4O2S3/c1-20-10-3-2-9(16)6-11(10)25-15(20)19-13(22)8-23-7-12(21)18-14-17-4-5-24-14/h2-6H,7-8H2,1H3,(H,17,18,21). The number of thiazole rings is 2. The number of nitrogens with zero attached hydrogens (tertiary/aromatic N) is 3. The van der Waals surface area contributed by atoms with Gasteiger partial charge in [0.15, 0.2) is 9.93 Å². The number of anilines is 1. The normalized spacial score (nSPS) is 11.8. The van der Waals surface area contributed by atoms with Crippen molar-refractivity contribution >= 4 is 61.6 Å². The maximum absolute atomic E-state index is 13.3. The summed E-state index contributed by atoms with van der Waals surface area (Å²) in [4.78, 5) is 32.2. The number of carbonyl (C=O) groups is 2. The summed E-state index contributed by atoms with van der Waals surface area (Å²) in [5.74, 6) is -0.641. The second-order valence-electron chi connectivity index (χ2n) is 4.94. The van der Waals surface area contributed by atoms with E-state index in [1.807, 2.05) is 0 Å². The van der Waals surface area contributed by atoms with Crippen LogP contribution in [0.1, 0.15) is 0 Å². The van der Waals surface area contributed by atoms with E-state index in [1.54, 1.807) is 29.3 Å². The molecule has 0 aliphatic rings. The Bertz CT molecular complexity index is 978. The van der Waals surface area contributed by atoms with Gasteiger partial charge in [0.05, 0.1) is 21.7 Å². The Kier molecular flexibility index (Phi) is 5.61. The molecule has 0 atom stereocenters. The maximum Gasteiger partial charge on any atom is 0.258 e. The van der Waals surface area contributed by atoms with Gasteiger partial charge in [-0.05, 0) is 18.2 Å². The first-order valence-corrected chi connectivity index (χ1v) is 9.98. The van der Waals surface area contributed by atoms with Crippen LogP contribution in [0.3, 0.4) is 0 Å². The summed E-state index contributed by atoms with van der Waals surface area (Å²) in [6.45, 7) is 0. The monoisotopic (exact) mass is 396 g/mol. The molecule has 0 spiro atoms. The third-order valence-corrected chi connectivity index (χ3v) is 5.83. The topological polar surface area (TPSA) is 76.3 Å². The highest BCUT2D eigenvalue weighted by Gasteiger charge is 2.08.